The number of hydrogen-bond acceptors (Lipinski definition) is 8. The minimum Gasteiger partial charge on any atom is -0.756 e. The summed E-state index contributed by atoms with van der Waals surface area (Å²) in [4.78, 5) is 20.8. The zero-order valence-electron chi connectivity index (χ0n) is 18.3. The van der Waals surface area contributed by atoms with E-state index in [9.17, 15) is 18.9 Å². The summed E-state index contributed by atoms with van der Waals surface area (Å²) in [7, 11) is -7.89. The van der Waals surface area contributed by atoms with Crippen molar-refractivity contribution in [3.05, 3.63) is 0 Å². The molecule has 0 saturated carbocycles. The summed E-state index contributed by atoms with van der Waals surface area (Å²) in [6, 6.07) is 0. The van der Waals surface area contributed by atoms with Gasteiger partial charge in [-0.1, -0.05) is 53.4 Å². The molecule has 0 aromatic heterocycles. The molecule has 0 unspecified atom stereocenters. The van der Waals surface area contributed by atoms with Gasteiger partial charge in [-0.3, -0.25) is 9.13 Å². The maximum Gasteiger partial charge on any atom is 2.00 e. The van der Waals surface area contributed by atoms with E-state index in [1.807, 2.05) is 0 Å². The molecule has 0 aromatic rings. The first-order chi connectivity index (χ1) is 12.1. The van der Waals surface area contributed by atoms with Gasteiger partial charge in [-0.2, -0.15) is 0 Å². The molecule has 0 spiro atoms. The second-order valence-electron chi connectivity index (χ2n) is 4.57. The second kappa shape index (κ2) is 29.2. The molecular weight excluding hydrogens is 501 g/mol. The minimum atomic E-state index is -3.94. The van der Waals surface area contributed by atoms with Gasteiger partial charge >= 0.3 is 23.9 Å². The average Bonchev–Trinajstić information content (AvgIpc) is 2.55. The van der Waals surface area contributed by atoms with E-state index in [-0.39, 0.29) is 50.3 Å². The Balaban J connectivity index is -0.0000000843. The number of unbranched alkanes of at least 4 members (excludes halogenated alkanes) is 2. The molecule has 0 heterocycles. The molecule has 8 nitrogen and oxygen atoms in total. The third-order valence-electron chi connectivity index (χ3n) is 2.15. The van der Waals surface area contributed by atoms with E-state index in [0.717, 1.165) is 0 Å². The Morgan fingerprint density at radius 2 is 0.667 bits per heavy atom. The van der Waals surface area contributed by atoms with E-state index in [0.29, 0.717) is 0 Å². The van der Waals surface area contributed by atoms with Crippen molar-refractivity contribution in [1.29, 1.82) is 0 Å². The van der Waals surface area contributed by atoms with Crippen molar-refractivity contribution < 1.29 is 37.0 Å². The Bertz CT molecular complexity index is 290. The van der Waals surface area contributed by atoms with Crippen LogP contribution in [-0.4, -0.2) is 50.3 Å². The molecule has 0 fully saturated rings. The van der Waals surface area contributed by atoms with E-state index < -0.39 is 15.6 Å². The third kappa shape index (κ3) is 46.8. The predicted molar refractivity (Wildman–Crippen MR) is 109 cm³/mol. The summed E-state index contributed by atoms with van der Waals surface area (Å²) in [6.45, 7) is 15.6. The zero-order valence-corrected chi connectivity index (χ0v) is 23.0. The third-order valence-corrected chi connectivity index (χ3v) is 4.45. The van der Waals surface area contributed by atoms with Crippen LogP contribution in [0.4, 0.5) is 0 Å². The van der Waals surface area contributed by atoms with E-state index in [2.05, 4.69) is 45.8 Å². The first kappa shape index (κ1) is 38.6. The Hall–Kier alpha value is 1.02. The summed E-state index contributed by atoms with van der Waals surface area (Å²) in [5, 5.41) is 0. The molecular formula is C16H40O8P2Sn. The Kier molecular flexibility index (Phi) is 41.8. The molecule has 0 atom stereocenters. The average molecular weight is 541 g/mol. The van der Waals surface area contributed by atoms with Gasteiger partial charge in [-0.25, -0.2) is 0 Å². The monoisotopic (exact) mass is 542 g/mol. The van der Waals surface area contributed by atoms with E-state index in [1.54, 1.807) is 27.7 Å². The van der Waals surface area contributed by atoms with Crippen LogP contribution in [0.5, 0.6) is 0 Å². The van der Waals surface area contributed by atoms with Gasteiger partial charge in [0.15, 0.2) is 0 Å². The quantitative estimate of drug-likeness (QED) is 0.297. The van der Waals surface area contributed by atoms with Gasteiger partial charge in [-0.15, -0.1) is 0 Å². The predicted octanol–water partition coefficient (Wildman–Crippen LogP) is 4.29. The van der Waals surface area contributed by atoms with Crippen molar-refractivity contribution in [3.63, 3.8) is 0 Å². The number of phosphoric acid groups is 2. The van der Waals surface area contributed by atoms with Crippen molar-refractivity contribution in [2.75, 3.05) is 26.4 Å². The van der Waals surface area contributed by atoms with Crippen LogP contribution in [0.1, 0.15) is 81.1 Å². The smallest absolute Gasteiger partial charge is 0.756 e. The standard InChI is InChI=1S/2C4H11O4P.2C4H10.Sn/c2*1-3-7-9(5,6)8-4-2;2*1-3-4-2;/h2*3-4H2,1-2H3,(H,5,6);2*3-4H2,1-2H3;/q;;;;+2/p-2. The molecule has 0 amide bonds. The van der Waals surface area contributed by atoms with Crippen molar-refractivity contribution in [2.45, 2.75) is 81.1 Å². The molecule has 0 aliphatic heterocycles. The molecule has 0 rings (SSSR count). The van der Waals surface area contributed by atoms with Crippen molar-refractivity contribution >= 4 is 39.6 Å². The molecule has 27 heavy (non-hydrogen) atoms. The van der Waals surface area contributed by atoms with E-state index in [4.69, 9.17) is 0 Å². The summed E-state index contributed by atoms with van der Waals surface area (Å²) in [6.07, 6.45) is 5.28. The van der Waals surface area contributed by atoms with E-state index in [1.165, 1.54) is 25.7 Å². The van der Waals surface area contributed by atoms with Crippen LogP contribution in [0.25, 0.3) is 0 Å². The molecule has 0 aliphatic carbocycles. The molecule has 11 heteroatoms. The molecule has 0 aliphatic rings. The number of hydrogen-bond donors (Lipinski definition) is 0. The number of phosphoric ester groups is 2. The number of rotatable bonds is 10. The summed E-state index contributed by atoms with van der Waals surface area (Å²) in [5.74, 6) is 0. The second-order valence-corrected chi connectivity index (χ2v) is 7.39. The van der Waals surface area contributed by atoms with Gasteiger partial charge < -0.3 is 27.9 Å². The van der Waals surface area contributed by atoms with Crippen LogP contribution in [0.2, 0.25) is 0 Å². The fourth-order valence-corrected chi connectivity index (χ4v) is 2.12. The fraction of sp³-hybridized carbons (Fsp3) is 1.00. The summed E-state index contributed by atoms with van der Waals surface area (Å²) >= 11 is 0. The van der Waals surface area contributed by atoms with Crippen molar-refractivity contribution in [2.24, 2.45) is 0 Å². The Morgan fingerprint density at radius 3 is 0.741 bits per heavy atom. The van der Waals surface area contributed by atoms with Crippen molar-refractivity contribution in [3.8, 4) is 0 Å². The van der Waals surface area contributed by atoms with Gasteiger partial charge in [0.2, 0.25) is 0 Å². The van der Waals surface area contributed by atoms with E-state index >= 15 is 0 Å². The first-order valence-corrected chi connectivity index (χ1v) is 12.2. The fourth-order valence-electron chi connectivity index (χ4n) is 0.707. The summed E-state index contributed by atoms with van der Waals surface area (Å²) in [5.41, 5.74) is 0. The van der Waals surface area contributed by atoms with Gasteiger partial charge in [0.05, 0.1) is 26.4 Å². The zero-order chi connectivity index (χ0) is 21.5. The first-order valence-electron chi connectivity index (χ1n) is 9.27. The van der Waals surface area contributed by atoms with Crippen molar-refractivity contribution in [1.82, 2.24) is 0 Å². The van der Waals surface area contributed by atoms with Crippen LogP contribution < -0.4 is 9.79 Å². The topological polar surface area (TPSA) is 117 Å². The van der Waals surface area contributed by atoms with Crippen LogP contribution in [0.3, 0.4) is 0 Å². The van der Waals surface area contributed by atoms with Crippen LogP contribution >= 0.6 is 15.6 Å². The molecule has 2 radical (unpaired) electrons. The summed E-state index contributed by atoms with van der Waals surface area (Å²) < 4.78 is 37.8. The van der Waals surface area contributed by atoms with Gasteiger partial charge in [-0.05, 0) is 27.7 Å². The maximum atomic E-state index is 10.4. The van der Waals surface area contributed by atoms with Gasteiger partial charge in [0.1, 0.15) is 0 Å². The normalized spacial score (nSPS) is 10.1. The van der Waals surface area contributed by atoms with Crippen LogP contribution in [0.15, 0.2) is 0 Å². The Labute approximate surface area is 183 Å². The Morgan fingerprint density at radius 1 is 0.519 bits per heavy atom. The van der Waals surface area contributed by atoms with Crippen LogP contribution in [0, 0.1) is 0 Å². The van der Waals surface area contributed by atoms with Gasteiger partial charge in [0, 0.05) is 0 Å². The molecule has 166 valence electrons. The molecule has 0 N–H and O–H groups in total. The maximum absolute atomic E-state index is 10.4. The molecule has 0 aromatic carbocycles. The largest absolute Gasteiger partial charge is 2.00 e. The van der Waals surface area contributed by atoms with Gasteiger partial charge in [0.25, 0.3) is 15.6 Å². The van der Waals surface area contributed by atoms with Crippen LogP contribution in [-0.2, 0) is 27.2 Å². The SMILES string of the molecule is CCCC.CCCC.CCOP(=O)([O-])OCC.CCOP(=O)([O-])OCC.[Sn+2]. The molecule has 0 bridgehead atoms. The minimum absolute atomic E-state index is 0. The molecule has 0 saturated heterocycles.